The summed E-state index contributed by atoms with van der Waals surface area (Å²) in [7, 11) is 4.59. The van der Waals surface area contributed by atoms with Crippen molar-refractivity contribution in [3.63, 3.8) is 0 Å². The van der Waals surface area contributed by atoms with Crippen molar-refractivity contribution in [3.8, 4) is 17.2 Å². The summed E-state index contributed by atoms with van der Waals surface area (Å²) in [5, 5.41) is 3.20. The molecule has 0 bridgehead atoms. The lowest BCUT2D eigenvalue weighted by Gasteiger charge is -2.21. The van der Waals surface area contributed by atoms with E-state index in [2.05, 4.69) is 35.0 Å². The number of fused-ring (bicyclic) bond motifs is 1. The van der Waals surface area contributed by atoms with Crippen LogP contribution in [0.3, 0.4) is 0 Å². The van der Waals surface area contributed by atoms with Gasteiger partial charge in [-0.2, -0.15) is 0 Å². The van der Waals surface area contributed by atoms with Gasteiger partial charge in [0.15, 0.2) is 11.5 Å². The van der Waals surface area contributed by atoms with Crippen molar-refractivity contribution in [2.45, 2.75) is 25.9 Å². The molecule has 1 N–H and O–H groups in total. The highest BCUT2D eigenvalue weighted by Crippen LogP contribution is 2.38. The standard InChI is InChI=1S/C27H29N3O4/c1-5-30-22-14-10-9-13-20(22)28-26(30)21(15-18-11-7-6-8-12-18)29-27(31)19-16-23(32-2)25(34-4)24(17-19)33-3/h6-14,16-17,21H,5,15H2,1-4H3,(H,29,31). The SMILES string of the molecule is CCn1c(C(Cc2ccccc2)NC(=O)c2cc(OC)c(OC)c(OC)c2)nc2ccccc21. The Kier molecular flexibility index (Phi) is 7.01. The third-order valence-corrected chi connectivity index (χ3v) is 5.83. The summed E-state index contributed by atoms with van der Waals surface area (Å²) in [4.78, 5) is 18.4. The number of carbonyl (C=O) groups is 1. The Bertz CT molecular complexity index is 1260. The lowest BCUT2D eigenvalue weighted by molar-refractivity contribution is 0.0933. The Balaban J connectivity index is 1.75. The van der Waals surface area contributed by atoms with Gasteiger partial charge in [-0.05, 0) is 43.2 Å². The summed E-state index contributed by atoms with van der Waals surface area (Å²) >= 11 is 0. The van der Waals surface area contributed by atoms with E-state index in [1.807, 2.05) is 36.4 Å². The second kappa shape index (κ2) is 10.3. The zero-order valence-corrected chi connectivity index (χ0v) is 19.9. The molecule has 0 fully saturated rings. The Labute approximate surface area is 199 Å². The van der Waals surface area contributed by atoms with Gasteiger partial charge in [0.1, 0.15) is 5.82 Å². The molecule has 4 rings (SSSR count). The fourth-order valence-electron chi connectivity index (χ4n) is 4.20. The van der Waals surface area contributed by atoms with Gasteiger partial charge >= 0.3 is 0 Å². The molecule has 176 valence electrons. The molecule has 0 saturated carbocycles. The van der Waals surface area contributed by atoms with Crippen LogP contribution in [0, 0.1) is 0 Å². The molecule has 0 saturated heterocycles. The molecule has 0 spiro atoms. The Morgan fingerprint density at radius 2 is 1.59 bits per heavy atom. The van der Waals surface area contributed by atoms with Gasteiger partial charge in [0, 0.05) is 12.1 Å². The molecule has 34 heavy (non-hydrogen) atoms. The predicted molar refractivity (Wildman–Crippen MR) is 132 cm³/mol. The quantitative estimate of drug-likeness (QED) is 0.389. The maximum Gasteiger partial charge on any atom is 0.252 e. The number of hydrogen-bond acceptors (Lipinski definition) is 5. The van der Waals surface area contributed by atoms with Gasteiger partial charge in [-0.1, -0.05) is 42.5 Å². The normalized spacial score (nSPS) is 11.8. The third kappa shape index (κ3) is 4.55. The van der Waals surface area contributed by atoms with Crippen molar-refractivity contribution in [3.05, 3.63) is 83.7 Å². The molecule has 1 atom stereocenters. The van der Waals surface area contributed by atoms with Crippen molar-refractivity contribution in [2.75, 3.05) is 21.3 Å². The highest BCUT2D eigenvalue weighted by molar-refractivity contribution is 5.96. The van der Waals surface area contributed by atoms with Gasteiger partial charge in [0.25, 0.3) is 5.91 Å². The minimum Gasteiger partial charge on any atom is -0.493 e. The number of amides is 1. The van der Waals surface area contributed by atoms with Crippen LogP contribution in [0.2, 0.25) is 0 Å². The summed E-state index contributed by atoms with van der Waals surface area (Å²) in [5.74, 6) is 1.85. The molecule has 1 amide bonds. The van der Waals surface area contributed by atoms with Crippen molar-refractivity contribution < 1.29 is 19.0 Å². The van der Waals surface area contributed by atoms with Gasteiger partial charge in [-0.3, -0.25) is 4.79 Å². The number of benzene rings is 3. The number of ether oxygens (including phenoxy) is 3. The zero-order chi connectivity index (χ0) is 24.1. The fraction of sp³-hybridized carbons (Fsp3) is 0.259. The third-order valence-electron chi connectivity index (χ3n) is 5.83. The van der Waals surface area contributed by atoms with E-state index in [0.717, 1.165) is 29.0 Å². The van der Waals surface area contributed by atoms with Crippen LogP contribution in [0.25, 0.3) is 11.0 Å². The number of nitrogens with one attached hydrogen (secondary N) is 1. The van der Waals surface area contributed by atoms with Crippen LogP contribution in [0.1, 0.15) is 34.7 Å². The topological polar surface area (TPSA) is 74.6 Å². The second-order valence-corrected chi connectivity index (χ2v) is 7.83. The summed E-state index contributed by atoms with van der Waals surface area (Å²) < 4.78 is 18.4. The lowest BCUT2D eigenvalue weighted by Crippen LogP contribution is -2.32. The van der Waals surface area contributed by atoms with Crippen molar-refractivity contribution in [1.82, 2.24) is 14.9 Å². The van der Waals surface area contributed by atoms with Gasteiger partial charge in [0.05, 0.1) is 38.4 Å². The molecule has 0 aliphatic carbocycles. The monoisotopic (exact) mass is 459 g/mol. The highest BCUT2D eigenvalue weighted by Gasteiger charge is 2.24. The van der Waals surface area contributed by atoms with Crippen molar-refractivity contribution >= 4 is 16.9 Å². The van der Waals surface area contributed by atoms with Crippen LogP contribution in [-0.4, -0.2) is 36.8 Å². The maximum atomic E-state index is 13.5. The summed E-state index contributed by atoms with van der Waals surface area (Å²) in [6.45, 7) is 2.82. The number of nitrogens with zero attached hydrogens (tertiary/aromatic N) is 2. The number of aryl methyl sites for hydroxylation is 1. The molecule has 1 aromatic heterocycles. The number of hydrogen-bond donors (Lipinski definition) is 1. The molecule has 1 heterocycles. The van der Waals surface area contributed by atoms with E-state index in [1.54, 1.807) is 12.1 Å². The molecule has 0 aliphatic rings. The summed E-state index contributed by atoms with van der Waals surface area (Å²) in [6.07, 6.45) is 0.598. The first kappa shape index (κ1) is 23.2. The number of para-hydroxylation sites is 2. The van der Waals surface area contributed by atoms with Gasteiger partial charge in [-0.25, -0.2) is 4.98 Å². The number of aromatic nitrogens is 2. The summed E-state index contributed by atoms with van der Waals surface area (Å²) in [5.41, 5.74) is 3.46. The number of rotatable bonds is 9. The molecule has 0 aliphatic heterocycles. The molecular formula is C27H29N3O4. The summed E-state index contributed by atoms with van der Waals surface area (Å²) in [6, 6.07) is 21.1. The largest absolute Gasteiger partial charge is 0.493 e. The van der Waals surface area contributed by atoms with E-state index in [1.165, 1.54) is 21.3 Å². The van der Waals surface area contributed by atoms with Crippen molar-refractivity contribution in [2.24, 2.45) is 0 Å². The van der Waals surface area contributed by atoms with Crippen LogP contribution in [-0.2, 0) is 13.0 Å². The smallest absolute Gasteiger partial charge is 0.252 e. The van der Waals surface area contributed by atoms with Crippen molar-refractivity contribution in [1.29, 1.82) is 0 Å². The first-order valence-corrected chi connectivity index (χ1v) is 11.2. The van der Waals surface area contributed by atoms with E-state index < -0.39 is 0 Å². The minimum atomic E-state index is -0.346. The van der Waals surface area contributed by atoms with E-state index in [9.17, 15) is 4.79 Å². The number of imidazole rings is 1. The Hall–Kier alpha value is -4.00. The predicted octanol–water partition coefficient (Wildman–Crippen LogP) is 4.80. The van der Waals surface area contributed by atoms with Crippen LogP contribution >= 0.6 is 0 Å². The lowest BCUT2D eigenvalue weighted by atomic mass is 10.0. The molecular weight excluding hydrogens is 430 g/mol. The van der Waals surface area contributed by atoms with Crippen LogP contribution in [0.15, 0.2) is 66.7 Å². The Morgan fingerprint density at radius 1 is 0.941 bits per heavy atom. The molecule has 0 radical (unpaired) electrons. The van der Waals surface area contributed by atoms with Gasteiger partial charge < -0.3 is 24.1 Å². The molecule has 3 aromatic carbocycles. The number of methoxy groups -OCH3 is 3. The first-order chi connectivity index (χ1) is 16.6. The minimum absolute atomic E-state index is 0.255. The van der Waals surface area contributed by atoms with E-state index in [0.29, 0.717) is 29.2 Å². The second-order valence-electron chi connectivity index (χ2n) is 7.83. The van der Waals surface area contributed by atoms with E-state index in [4.69, 9.17) is 19.2 Å². The average Bonchev–Trinajstić information content (AvgIpc) is 3.26. The van der Waals surface area contributed by atoms with E-state index >= 15 is 0 Å². The Morgan fingerprint density at radius 3 is 2.21 bits per heavy atom. The van der Waals surface area contributed by atoms with Gasteiger partial charge in [0.2, 0.25) is 5.75 Å². The van der Waals surface area contributed by atoms with E-state index in [-0.39, 0.29) is 11.9 Å². The van der Waals surface area contributed by atoms with Crippen LogP contribution < -0.4 is 19.5 Å². The maximum absolute atomic E-state index is 13.5. The zero-order valence-electron chi connectivity index (χ0n) is 19.9. The number of carbonyl (C=O) groups excluding carboxylic acids is 1. The average molecular weight is 460 g/mol. The molecule has 7 heteroatoms. The van der Waals surface area contributed by atoms with Gasteiger partial charge in [-0.15, -0.1) is 0 Å². The first-order valence-electron chi connectivity index (χ1n) is 11.2. The highest BCUT2D eigenvalue weighted by atomic mass is 16.5. The van der Waals surface area contributed by atoms with Crippen LogP contribution in [0.4, 0.5) is 0 Å². The molecule has 4 aromatic rings. The molecule has 1 unspecified atom stereocenters. The fourth-order valence-corrected chi connectivity index (χ4v) is 4.20. The molecule has 7 nitrogen and oxygen atoms in total. The van der Waals surface area contributed by atoms with Crippen LogP contribution in [0.5, 0.6) is 17.2 Å².